The lowest BCUT2D eigenvalue weighted by Gasteiger charge is -2.17. The molecule has 1 fully saturated rings. The molecule has 2 N–H and O–H groups in total. The largest absolute Gasteiger partial charge is 0.459 e. The summed E-state index contributed by atoms with van der Waals surface area (Å²) in [6.07, 6.45) is -3.79. The maximum Gasteiger partial charge on any atom is 0.418 e. The average Bonchev–Trinajstić information content (AvgIpc) is 3.31. The molecule has 11 heteroatoms. The summed E-state index contributed by atoms with van der Waals surface area (Å²) in [7, 11) is 0. The highest BCUT2D eigenvalue weighted by molar-refractivity contribution is 6.03. The highest BCUT2D eigenvalue weighted by atomic mass is 19.4. The van der Waals surface area contributed by atoms with Crippen LogP contribution in [0, 0.1) is 0 Å². The maximum atomic E-state index is 13.4. The van der Waals surface area contributed by atoms with Gasteiger partial charge in [-0.05, 0) is 30.3 Å². The van der Waals surface area contributed by atoms with Crippen LogP contribution in [-0.2, 0) is 20.6 Å². The second kappa shape index (κ2) is 8.39. The van der Waals surface area contributed by atoms with Gasteiger partial charge in [0.25, 0.3) is 5.91 Å². The number of benzene rings is 1. The fourth-order valence-corrected chi connectivity index (χ4v) is 2.86. The second-order valence-corrected chi connectivity index (χ2v) is 6.43. The van der Waals surface area contributed by atoms with Gasteiger partial charge in [0.05, 0.1) is 17.5 Å². The van der Waals surface area contributed by atoms with Gasteiger partial charge in [0.1, 0.15) is 0 Å². The van der Waals surface area contributed by atoms with Gasteiger partial charge in [-0.25, -0.2) is 0 Å². The van der Waals surface area contributed by atoms with Crippen molar-refractivity contribution in [2.24, 2.45) is 0 Å². The van der Waals surface area contributed by atoms with Crippen LogP contribution in [-0.4, -0.2) is 35.1 Å². The summed E-state index contributed by atoms with van der Waals surface area (Å²) in [4.78, 5) is 48.0. The van der Waals surface area contributed by atoms with Crippen LogP contribution >= 0.6 is 0 Å². The molecule has 0 saturated carbocycles. The third-order valence-electron chi connectivity index (χ3n) is 4.32. The number of carbonyl (C=O) groups excluding carboxylic acids is 4. The lowest BCUT2D eigenvalue weighted by atomic mass is 10.1. The first-order valence-corrected chi connectivity index (χ1v) is 8.84. The van der Waals surface area contributed by atoms with E-state index in [1.165, 1.54) is 24.5 Å². The molecule has 0 spiro atoms. The third-order valence-corrected chi connectivity index (χ3v) is 4.32. The Morgan fingerprint density at radius 3 is 2.37 bits per heavy atom. The van der Waals surface area contributed by atoms with Crippen LogP contribution in [0.15, 0.2) is 41.0 Å². The number of hydrogen-bond donors (Lipinski definition) is 2. The van der Waals surface area contributed by atoms with Gasteiger partial charge >= 0.3 is 6.18 Å². The van der Waals surface area contributed by atoms with E-state index in [2.05, 4.69) is 10.6 Å². The van der Waals surface area contributed by atoms with Gasteiger partial charge in [-0.3, -0.25) is 24.1 Å². The lowest BCUT2D eigenvalue weighted by Crippen LogP contribution is -2.32. The van der Waals surface area contributed by atoms with Crippen molar-refractivity contribution in [2.45, 2.75) is 25.4 Å². The van der Waals surface area contributed by atoms with E-state index >= 15 is 0 Å². The first-order chi connectivity index (χ1) is 14.1. The van der Waals surface area contributed by atoms with Crippen molar-refractivity contribution in [3.05, 3.63) is 47.9 Å². The normalized spacial score (nSPS) is 14.2. The van der Waals surface area contributed by atoms with E-state index in [0.717, 1.165) is 11.0 Å². The number of nitrogens with zero attached hydrogens (tertiary/aromatic N) is 1. The van der Waals surface area contributed by atoms with Crippen molar-refractivity contribution < 1.29 is 36.8 Å². The average molecular weight is 423 g/mol. The molecule has 3 rings (SSSR count). The predicted molar refractivity (Wildman–Crippen MR) is 97.3 cm³/mol. The molecule has 1 aliphatic heterocycles. The zero-order valence-electron chi connectivity index (χ0n) is 15.4. The van der Waals surface area contributed by atoms with Crippen molar-refractivity contribution in [3.63, 3.8) is 0 Å². The van der Waals surface area contributed by atoms with E-state index in [-0.39, 0.29) is 37.3 Å². The molecule has 1 aromatic carbocycles. The van der Waals surface area contributed by atoms with E-state index < -0.39 is 41.1 Å². The number of alkyl halides is 3. The van der Waals surface area contributed by atoms with Crippen LogP contribution in [0.25, 0.3) is 0 Å². The summed E-state index contributed by atoms with van der Waals surface area (Å²) < 4.78 is 45.2. The van der Waals surface area contributed by atoms with Crippen molar-refractivity contribution in [2.75, 3.05) is 17.2 Å². The SMILES string of the molecule is O=C(CCN1C(=O)CCC1=O)Nc1ccc(NC(=O)c2ccco2)cc1C(F)(F)F. The molecule has 30 heavy (non-hydrogen) atoms. The highest BCUT2D eigenvalue weighted by Crippen LogP contribution is 2.36. The van der Waals surface area contributed by atoms with Crippen LogP contribution in [0.3, 0.4) is 0 Å². The van der Waals surface area contributed by atoms with E-state index in [9.17, 15) is 32.3 Å². The predicted octanol–water partition coefficient (Wildman–Crippen LogP) is 3.03. The van der Waals surface area contributed by atoms with E-state index in [1.807, 2.05) is 0 Å². The zero-order chi connectivity index (χ0) is 21.9. The Balaban J connectivity index is 1.70. The van der Waals surface area contributed by atoms with Crippen molar-refractivity contribution in [3.8, 4) is 0 Å². The van der Waals surface area contributed by atoms with Gasteiger partial charge in [0, 0.05) is 31.5 Å². The fourth-order valence-electron chi connectivity index (χ4n) is 2.86. The van der Waals surface area contributed by atoms with Gasteiger partial charge in [0.15, 0.2) is 5.76 Å². The number of halogens is 3. The molecule has 1 aliphatic rings. The summed E-state index contributed by atoms with van der Waals surface area (Å²) in [6.45, 7) is -0.206. The standard InChI is InChI=1S/C19H16F3N3O5/c20-19(21,22)12-10-11(23-18(29)14-2-1-9-30-14)3-4-13(12)24-15(26)7-8-25-16(27)5-6-17(25)28/h1-4,9-10H,5-8H2,(H,23,29)(H,24,26). The number of carbonyl (C=O) groups is 4. The Labute approximate surface area is 168 Å². The molecule has 1 aromatic heterocycles. The quantitative estimate of drug-likeness (QED) is 0.695. The second-order valence-electron chi connectivity index (χ2n) is 6.43. The Morgan fingerprint density at radius 2 is 1.77 bits per heavy atom. The van der Waals surface area contributed by atoms with Crippen molar-refractivity contribution in [1.82, 2.24) is 4.90 Å². The number of furan rings is 1. The number of nitrogens with one attached hydrogen (secondary N) is 2. The molecule has 0 aliphatic carbocycles. The van der Waals surface area contributed by atoms with Crippen molar-refractivity contribution >= 4 is 35.0 Å². The molecule has 0 atom stereocenters. The molecule has 0 radical (unpaired) electrons. The number of amides is 4. The monoisotopic (exact) mass is 423 g/mol. The van der Waals surface area contributed by atoms with Gasteiger partial charge in [-0.2, -0.15) is 13.2 Å². The Hall–Kier alpha value is -3.63. The number of anilines is 2. The third kappa shape index (κ3) is 4.85. The molecule has 8 nitrogen and oxygen atoms in total. The molecular formula is C19H16F3N3O5. The summed E-state index contributed by atoms with van der Waals surface area (Å²) in [5.74, 6) is -2.43. The molecule has 2 aromatic rings. The lowest BCUT2D eigenvalue weighted by molar-refractivity contribution is -0.139. The summed E-state index contributed by atoms with van der Waals surface area (Å²) in [5.41, 5.74) is -1.82. The number of rotatable bonds is 6. The molecule has 0 bridgehead atoms. The smallest absolute Gasteiger partial charge is 0.418 e. The van der Waals surface area contributed by atoms with E-state index in [1.54, 1.807) is 0 Å². The highest BCUT2D eigenvalue weighted by Gasteiger charge is 2.35. The zero-order valence-corrected chi connectivity index (χ0v) is 15.4. The van der Waals surface area contributed by atoms with Gasteiger partial charge < -0.3 is 15.1 Å². The van der Waals surface area contributed by atoms with Crippen molar-refractivity contribution in [1.29, 1.82) is 0 Å². The van der Waals surface area contributed by atoms with Gasteiger partial charge in [0.2, 0.25) is 17.7 Å². The Kier molecular flexibility index (Phi) is 5.90. The van der Waals surface area contributed by atoms with E-state index in [4.69, 9.17) is 4.42 Å². The molecule has 1 saturated heterocycles. The van der Waals surface area contributed by atoms with Gasteiger partial charge in [-0.1, -0.05) is 0 Å². The minimum absolute atomic E-state index is 0.0594. The first-order valence-electron chi connectivity index (χ1n) is 8.84. The Morgan fingerprint density at radius 1 is 1.07 bits per heavy atom. The molecule has 2 heterocycles. The Bertz CT molecular complexity index is 970. The molecule has 158 valence electrons. The van der Waals surface area contributed by atoms with Gasteiger partial charge in [-0.15, -0.1) is 0 Å². The summed E-state index contributed by atoms with van der Waals surface area (Å²) >= 11 is 0. The minimum Gasteiger partial charge on any atom is -0.459 e. The molecule has 0 unspecified atom stereocenters. The number of hydrogen-bond acceptors (Lipinski definition) is 5. The number of likely N-dealkylation sites (tertiary alicyclic amines) is 1. The fraction of sp³-hybridized carbons (Fsp3) is 0.263. The van der Waals surface area contributed by atoms with E-state index in [0.29, 0.717) is 6.07 Å². The first kappa shape index (κ1) is 21.1. The van der Waals surface area contributed by atoms with Crippen LogP contribution in [0.1, 0.15) is 35.4 Å². The van der Waals surface area contributed by atoms with Crippen LogP contribution in [0.5, 0.6) is 0 Å². The molecular weight excluding hydrogens is 407 g/mol. The molecule has 4 amide bonds. The maximum absolute atomic E-state index is 13.4. The van der Waals surface area contributed by atoms with Crippen LogP contribution in [0.4, 0.5) is 24.5 Å². The summed E-state index contributed by atoms with van der Waals surface area (Å²) in [6, 6.07) is 5.69. The number of imide groups is 1. The topological polar surface area (TPSA) is 109 Å². The van der Waals surface area contributed by atoms with Crippen LogP contribution < -0.4 is 10.6 Å². The van der Waals surface area contributed by atoms with Crippen LogP contribution in [0.2, 0.25) is 0 Å². The summed E-state index contributed by atoms with van der Waals surface area (Å²) in [5, 5.41) is 4.42. The minimum atomic E-state index is -4.81.